The molecule has 2 amide bonds. The number of carbonyl (C=O) groups excluding carboxylic acids is 7. The number of aliphatic hydroxyl groups excluding tert-OH is 6. The molecule has 9 N–H and O–H groups in total. The molecular weight excluding hydrogens is 1010 g/mol. The van der Waals surface area contributed by atoms with Crippen LogP contribution in [0.3, 0.4) is 0 Å². The van der Waals surface area contributed by atoms with Crippen LogP contribution < -0.4 is 10.6 Å². The fourth-order valence-corrected chi connectivity index (χ4v) is 11.3. The van der Waals surface area contributed by atoms with Crippen LogP contribution in [0.1, 0.15) is 95.6 Å². The van der Waals surface area contributed by atoms with Crippen LogP contribution in [0.2, 0.25) is 0 Å². The summed E-state index contributed by atoms with van der Waals surface area (Å²) in [5, 5.41) is 80.8. The number of benzene rings is 2. The summed E-state index contributed by atoms with van der Waals surface area (Å²) in [6.45, 7) is 5.17. The summed E-state index contributed by atoms with van der Waals surface area (Å²) in [5.41, 5.74) is -7.85. The number of fused-ring (bicyclic) bond motifs is 5. The van der Waals surface area contributed by atoms with Crippen LogP contribution in [0.15, 0.2) is 71.8 Å². The molecule has 4 aliphatic rings. The minimum absolute atomic E-state index is 0.0249. The topological polar surface area (TPSA) is 350 Å². The van der Waals surface area contributed by atoms with Crippen molar-refractivity contribution in [2.75, 3.05) is 46.2 Å². The number of hydrogen-bond acceptors (Lipinski definition) is 21. The zero-order valence-electron chi connectivity index (χ0n) is 44.0. The second-order valence-corrected chi connectivity index (χ2v) is 20.8. The molecule has 1 saturated heterocycles. The summed E-state index contributed by atoms with van der Waals surface area (Å²) in [6.07, 6.45) is -13.6. The van der Waals surface area contributed by atoms with Gasteiger partial charge in [-0.2, -0.15) is 0 Å². The Kier molecular flexibility index (Phi) is 19.9. The molecule has 2 bridgehead atoms. The smallest absolute Gasteiger partial charge is 0.338 e. The third-order valence-corrected chi connectivity index (χ3v) is 15.5. The molecule has 23 nitrogen and oxygen atoms in total. The molecule has 6 rings (SSSR count). The van der Waals surface area contributed by atoms with E-state index in [0.717, 1.165) is 13.8 Å². The van der Waals surface area contributed by atoms with Crippen molar-refractivity contribution in [3.05, 3.63) is 82.9 Å². The highest BCUT2D eigenvalue weighted by molar-refractivity contribution is 5.95. The minimum Gasteiger partial charge on any atom is -0.456 e. The van der Waals surface area contributed by atoms with E-state index in [0.29, 0.717) is 0 Å². The fraction of sp³-hybridized carbons (Fsp3) is 0.611. The van der Waals surface area contributed by atoms with Gasteiger partial charge in [-0.1, -0.05) is 62.4 Å². The summed E-state index contributed by atoms with van der Waals surface area (Å²) in [5.74, 6) is -7.87. The molecule has 3 fully saturated rings. The quantitative estimate of drug-likeness (QED) is 0.0374. The van der Waals surface area contributed by atoms with Crippen LogP contribution >= 0.6 is 0 Å². The highest BCUT2D eigenvalue weighted by Crippen LogP contribution is 2.64. The maximum Gasteiger partial charge on any atom is 0.338 e. The van der Waals surface area contributed by atoms with Gasteiger partial charge in [0.2, 0.25) is 11.8 Å². The molecule has 77 heavy (non-hydrogen) atoms. The van der Waals surface area contributed by atoms with Gasteiger partial charge in [-0.15, -0.1) is 0 Å². The standard InChI is InChI=1S/C54H72N2O21/c1-29-37(75-50(69)44(66)43(32-14-9-7-10-15-32)56-41(65)19-13-18-40(64)55-34(26-71-35(22-57)23-58)27-72-36(24-59)25-60)21-54(70)48(76-49(68)33-16-11-8-12-17-33)46-52(6,38(63)20-39-53(46,28-73-39)77-31(3)62)47(67)45(74-30(2)61)42(29)51(54,4)5/h7-12,14-17,34-39,43-46,48,57-60,63,66,70H,13,18-28H2,1-6H3,(H,55,64)(H,56,65)/t37-,38-,39+,43-,44+,45+,46?,48-,52+,53-,54+/m0/s1. The molecule has 0 radical (unpaired) electrons. The van der Waals surface area contributed by atoms with E-state index in [4.69, 9.17) is 33.2 Å². The van der Waals surface area contributed by atoms with E-state index in [9.17, 15) is 64.5 Å². The van der Waals surface area contributed by atoms with Gasteiger partial charge in [-0.25, -0.2) is 9.59 Å². The first kappa shape index (κ1) is 60.5. The van der Waals surface area contributed by atoms with Crippen molar-refractivity contribution >= 4 is 41.5 Å². The first-order valence-corrected chi connectivity index (χ1v) is 25.5. The summed E-state index contributed by atoms with van der Waals surface area (Å²) in [7, 11) is 0. The number of aliphatic hydroxyl groups is 7. The van der Waals surface area contributed by atoms with E-state index in [1.54, 1.807) is 36.4 Å². The Morgan fingerprint density at radius 3 is 1.86 bits per heavy atom. The predicted octanol–water partition coefficient (Wildman–Crippen LogP) is -0.183. The molecule has 2 aromatic carbocycles. The van der Waals surface area contributed by atoms with Gasteiger partial charge in [0, 0.05) is 44.9 Å². The van der Waals surface area contributed by atoms with Crippen LogP contribution in [-0.2, 0) is 61.9 Å². The lowest BCUT2D eigenvalue weighted by molar-refractivity contribution is -0.346. The third kappa shape index (κ3) is 12.6. The highest BCUT2D eigenvalue weighted by atomic mass is 16.6. The zero-order valence-corrected chi connectivity index (χ0v) is 44.0. The number of carbonyl (C=O) groups is 7. The van der Waals surface area contributed by atoms with Crippen molar-refractivity contribution in [1.29, 1.82) is 0 Å². The Balaban J connectivity index is 1.32. The molecule has 0 spiro atoms. The molecule has 2 saturated carbocycles. The summed E-state index contributed by atoms with van der Waals surface area (Å²) in [6, 6.07) is 13.2. The van der Waals surface area contributed by atoms with Crippen LogP contribution in [0.25, 0.3) is 0 Å². The lowest BCUT2D eigenvalue weighted by atomic mass is 9.44. The Morgan fingerprint density at radius 1 is 0.779 bits per heavy atom. The molecule has 1 heterocycles. The van der Waals surface area contributed by atoms with Crippen LogP contribution in [-0.4, -0.2) is 190 Å². The fourth-order valence-electron chi connectivity index (χ4n) is 11.3. The first-order valence-electron chi connectivity index (χ1n) is 25.5. The number of esters is 4. The highest BCUT2D eigenvalue weighted by Gasteiger charge is 2.78. The molecular formula is C54H72N2O21. The number of nitrogens with one attached hydrogen (secondary N) is 2. The predicted molar refractivity (Wildman–Crippen MR) is 266 cm³/mol. The van der Waals surface area contributed by atoms with Crippen molar-refractivity contribution in [3.63, 3.8) is 0 Å². The van der Waals surface area contributed by atoms with Gasteiger partial charge >= 0.3 is 23.9 Å². The SMILES string of the molecule is CC(=O)O[C@H]1C(=O)[C@@]2(C)C([C@H](OC(=O)c3ccccc3)[C@]3(O)C[C@H](OC(=O)[C@H](O)[C@@H](NC(=O)CCCC(=O)NC(COC(CO)CO)COC(CO)CO)c4ccccc4)C(C)=C1C3(C)C)[C@]1(OC(C)=O)CO[C@@H]1C[C@@H]2O. The van der Waals surface area contributed by atoms with Crippen molar-refractivity contribution in [3.8, 4) is 0 Å². The summed E-state index contributed by atoms with van der Waals surface area (Å²) >= 11 is 0. The Hall–Kier alpha value is -5.73. The first-order chi connectivity index (χ1) is 36.4. The summed E-state index contributed by atoms with van der Waals surface area (Å²) in [4.78, 5) is 97.4. The third-order valence-electron chi connectivity index (χ3n) is 15.5. The number of Topliss-reactive ketones (excluding diaryl/α,β-unsaturated/α-hetero) is 1. The molecule has 11 atom stereocenters. The lowest BCUT2D eigenvalue weighted by Crippen LogP contribution is -2.82. The van der Waals surface area contributed by atoms with Crippen molar-refractivity contribution in [1.82, 2.24) is 10.6 Å². The van der Waals surface area contributed by atoms with Gasteiger partial charge in [0.1, 0.15) is 36.1 Å². The number of amides is 2. The van der Waals surface area contributed by atoms with E-state index in [1.807, 2.05) is 0 Å². The Bertz CT molecular complexity index is 2450. The van der Waals surface area contributed by atoms with Crippen molar-refractivity contribution in [2.24, 2.45) is 16.7 Å². The van der Waals surface area contributed by atoms with E-state index >= 15 is 4.79 Å². The lowest BCUT2D eigenvalue weighted by Gasteiger charge is -2.67. The Morgan fingerprint density at radius 2 is 1.34 bits per heavy atom. The van der Waals surface area contributed by atoms with Gasteiger partial charge in [0.25, 0.3) is 0 Å². The maximum atomic E-state index is 15.6. The van der Waals surface area contributed by atoms with E-state index < -0.39 is 163 Å². The van der Waals surface area contributed by atoms with Gasteiger partial charge in [0.15, 0.2) is 23.6 Å². The van der Waals surface area contributed by atoms with Gasteiger partial charge < -0.3 is 79.5 Å². The van der Waals surface area contributed by atoms with Crippen LogP contribution in [0, 0.1) is 16.7 Å². The number of ketones is 1. The summed E-state index contributed by atoms with van der Waals surface area (Å²) < 4.78 is 41.2. The van der Waals surface area contributed by atoms with Gasteiger partial charge in [0.05, 0.1) is 81.3 Å². The van der Waals surface area contributed by atoms with Crippen molar-refractivity contribution in [2.45, 2.75) is 146 Å². The maximum absolute atomic E-state index is 15.6. The van der Waals surface area contributed by atoms with E-state index in [2.05, 4.69) is 10.6 Å². The normalized spacial score (nSPS) is 28.2. The molecule has 3 aliphatic carbocycles. The van der Waals surface area contributed by atoms with Crippen molar-refractivity contribution < 1.29 is 102 Å². The number of ether oxygens (including phenoxy) is 7. The van der Waals surface area contributed by atoms with Gasteiger partial charge in [-0.05, 0) is 49.1 Å². The Labute approximate surface area is 445 Å². The largest absolute Gasteiger partial charge is 0.456 e. The number of rotatable bonds is 24. The molecule has 2 aromatic rings. The molecule has 23 heteroatoms. The van der Waals surface area contributed by atoms with Crippen LogP contribution in [0.5, 0.6) is 0 Å². The average Bonchev–Trinajstić information content (AvgIpc) is 3.59. The molecule has 1 unspecified atom stereocenters. The molecule has 0 aromatic heterocycles. The minimum atomic E-state index is -2.47. The second-order valence-electron chi connectivity index (χ2n) is 20.8. The van der Waals surface area contributed by atoms with E-state index in [1.165, 1.54) is 52.0 Å². The second kappa shape index (κ2) is 25.4. The van der Waals surface area contributed by atoms with Crippen LogP contribution in [0.4, 0.5) is 0 Å². The van der Waals surface area contributed by atoms with E-state index in [-0.39, 0.29) is 67.8 Å². The molecule has 1 aliphatic heterocycles. The average molecular weight is 1090 g/mol. The zero-order chi connectivity index (χ0) is 56.6. The van der Waals surface area contributed by atoms with Gasteiger partial charge in [-0.3, -0.25) is 24.0 Å². The monoisotopic (exact) mass is 1080 g/mol. The molecule has 424 valence electrons. The number of hydrogen-bond donors (Lipinski definition) is 9.